The van der Waals surface area contributed by atoms with E-state index in [2.05, 4.69) is 33.9 Å². The van der Waals surface area contributed by atoms with E-state index in [9.17, 15) is 9.90 Å². The van der Waals surface area contributed by atoms with E-state index in [0.29, 0.717) is 6.61 Å². The Morgan fingerprint density at radius 2 is 1.92 bits per heavy atom. The van der Waals surface area contributed by atoms with Gasteiger partial charge in [-0.1, -0.05) is 51.1 Å². The Morgan fingerprint density at radius 1 is 1.33 bits per heavy atom. The molecule has 2 atom stereocenters. The summed E-state index contributed by atoms with van der Waals surface area (Å²) in [6.07, 6.45) is -0.598. The van der Waals surface area contributed by atoms with Gasteiger partial charge in [0.25, 0.3) is 0 Å². The monoisotopic (exact) mass is 352 g/mol. The molecule has 0 spiro atoms. The summed E-state index contributed by atoms with van der Waals surface area (Å²) in [5.74, 6) is -0.977. The first-order chi connectivity index (χ1) is 11.1. The maximum absolute atomic E-state index is 11.6. The van der Waals surface area contributed by atoms with Gasteiger partial charge in [0.2, 0.25) is 5.60 Å². The highest BCUT2D eigenvalue weighted by Gasteiger charge is 2.61. The van der Waals surface area contributed by atoms with Crippen molar-refractivity contribution in [1.29, 1.82) is 0 Å². The van der Waals surface area contributed by atoms with Gasteiger partial charge in [0.05, 0.1) is 19.8 Å². The highest BCUT2D eigenvalue weighted by Crippen LogP contribution is 2.42. The summed E-state index contributed by atoms with van der Waals surface area (Å²) in [5, 5.41) is 9.53. The molecule has 2 rings (SSSR count). The maximum atomic E-state index is 11.6. The highest BCUT2D eigenvalue weighted by molar-refractivity contribution is 6.74. The zero-order valence-electron chi connectivity index (χ0n) is 15.2. The van der Waals surface area contributed by atoms with Crippen LogP contribution in [0.25, 0.3) is 0 Å². The number of hydrogen-bond donors (Lipinski definition) is 1. The average Bonchev–Trinajstić information content (AvgIpc) is 3.27. The molecule has 0 aliphatic carbocycles. The molecule has 0 radical (unpaired) electrons. The van der Waals surface area contributed by atoms with Crippen LogP contribution in [0.2, 0.25) is 18.1 Å². The van der Waals surface area contributed by atoms with Gasteiger partial charge in [-0.05, 0) is 23.7 Å². The van der Waals surface area contributed by atoms with Crippen LogP contribution in [0, 0.1) is 0 Å². The largest absolute Gasteiger partial charge is 0.479 e. The molecule has 1 aromatic carbocycles. The lowest BCUT2D eigenvalue weighted by Gasteiger charge is -2.40. The Hall–Kier alpha value is -1.21. The molecule has 1 saturated heterocycles. The molecule has 1 heterocycles. The van der Waals surface area contributed by atoms with Gasteiger partial charge in [-0.15, -0.1) is 0 Å². The second kappa shape index (κ2) is 6.96. The zero-order chi connectivity index (χ0) is 18.0. The molecule has 0 aromatic heterocycles. The Kier molecular flexibility index (Phi) is 5.54. The molecule has 1 fully saturated rings. The number of carbonyl (C=O) groups is 1. The lowest BCUT2D eigenvalue weighted by molar-refractivity contribution is -0.149. The molecule has 5 nitrogen and oxygen atoms in total. The van der Waals surface area contributed by atoms with Crippen molar-refractivity contribution in [1.82, 2.24) is 0 Å². The molecule has 0 bridgehead atoms. The molecule has 24 heavy (non-hydrogen) atoms. The number of hydrogen-bond acceptors (Lipinski definition) is 4. The maximum Gasteiger partial charge on any atom is 0.341 e. The third-order valence-corrected chi connectivity index (χ3v) is 9.45. The number of rotatable bonds is 8. The molecular formula is C18H28O5Si. The fourth-order valence-corrected chi connectivity index (χ4v) is 3.50. The third kappa shape index (κ3) is 4.24. The van der Waals surface area contributed by atoms with Crippen molar-refractivity contribution >= 4 is 14.3 Å². The van der Waals surface area contributed by atoms with Gasteiger partial charge in [0.15, 0.2) is 8.32 Å². The van der Waals surface area contributed by atoms with Crippen LogP contribution in [0.3, 0.4) is 0 Å². The summed E-state index contributed by atoms with van der Waals surface area (Å²) in [7, 11) is -2.14. The average molecular weight is 353 g/mol. The number of carboxylic acid groups (broad SMARTS) is 1. The predicted molar refractivity (Wildman–Crippen MR) is 94.5 cm³/mol. The fourth-order valence-electron chi connectivity index (χ4n) is 2.18. The molecule has 134 valence electrons. The summed E-state index contributed by atoms with van der Waals surface area (Å²) in [6, 6.07) is 9.80. The van der Waals surface area contributed by atoms with Gasteiger partial charge in [-0.3, -0.25) is 0 Å². The minimum atomic E-state index is -2.14. The molecule has 1 N–H and O–H groups in total. The predicted octanol–water partition coefficient (Wildman–Crippen LogP) is 3.45. The van der Waals surface area contributed by atoms with E-state index >= 15 is 0 Å². The second-order valence-electron chi connectivity index (χ2n) is 7.85. The van der Waals surface area contributed by atoms with E-state index in [4.69, 9.17) is 13.9 Å². The first kappa shape index (κ1) is 19.1. The summed E-state index contributed by atoms with van der Waals surface area (Å²) in [6.45, 7) is 11.4. The quantitative estimate of drug-likeness (QED) is 0.573. The summed E-state index contributed by atoms with van der Waals surface area (Å²) in [4.78, 5) is 11.6. The van der Waals surface area contributed by atoms with Crippen molar-refractivity contribution in [3.63, 3.8) is 0 Å². The van der Waals surface area contributed by atoms with Crippen molar-refractivity contribution in [3.8, 4) is 0 Å². The molecule has 0 amide bonds. The van der Waals surface area contributed by atoms with Crippen LogP contribution in [0.15, 0.2) is 30.3 Å². The van der Waals surface area contributed by atoms with Gasteiger partial charge < -0.3 is 19.0 Å². The SMILES string of the molecule is CC(C)(C)[Si](C)(C)O[C@@H](COCc1ccccc1)[C@@]1(C(=O)O)CO1. The van der Waals surface area contributed by atoms with Crippen molar-refractivity contribution in [2.75, 3.05) is 13.2 Å². The summed E-state index contributed by atoms with van der Waals surface area (Å²) < 4.78 is 17.4. The number of aliphatic carboxylic acids is 1. The molecule has 1 aliphatic rings. The normalized spacial score (nSPS) is 22.2. The van der Waals surface area contributed by atoms with E-state index in [1.807, 2.05) is 30.3 Å². The van der Waals surface area contributed by atoms with Crippen LogP contribution < -0.4 is 0 Å². The molecule has 0 unspecified atom stereocenters. The molecule has 1 aromatic rings. The Labute approximate surface area is 145 Å². The molecular weight excluding hydrogens is 324 g/mol. The number of benzene rings is 1. The first-order valence-corrected chi connectivity index (χ1v) is 11.2. The molecule has 0 saturated carbocycles. The van der Waals surface area contributed by atoms with E-state index in [1.54, 1.807) is 0 Å². The van der Waals surface area contributed by atoms with E-state index < -0.39 is 26.0 Å². The van der Waals surface area contributed by atoms with Crippen LogP contribution in [0.4, 0.5) is 0 Å². The van der Waals surface area contributed by atoms with Crippen LogP contribution >= 0.6 is 0 Å². The van der Waals surface area contributed by atoms with E-state index in [-0.39, 0.29) is 18.3 Å². The molecule has 1 aliphatic heterocycles. The third-order valence-electron chi connectivity index (χ3n) is 4.96. The fraction of sp³-hybridized carbons (Fsp3) is 0.611. The zero-order valence-corrected chi connectivity index (χ0v) is 16.2. The van der Waals surface area contributed by atoms with Gasteiger partial charge in [-0.2, -0.15) is 0 Å². The van der Waals surface area contributed by atoms with Crippen LogP contribution in [-0.2, 0) is 25.3 Å². The number of ether oxygens (including phenoxy) is 2. The Balaban J connectivity index is 2.06. The first-order valence-electron chi connectivity index (χ1n) is 8.25. The van der Waals surface area contributed by atoms with Gasteiger partial charge >= 0.3 is 5.97 Å². The van der Waals surface area contributed by atoms with E-state index in [0.717, 1.165) is 5.56 Å². The van der Waals surface area contributed by atoms with Gasteiger partial charge in [-0.25, -0.2) is 4.79 Å². The smallest absolute Gasteiger partial charge is 0.341 e. The van der Waals surface area contributed by atoms with Crippen LogP contribution in [0.1, 0.15) is 26.3 Å². The second-order valence-corrected chi connectivity index (χ2v) is 12.6. The van der Waals surface area contributed by atoms with Crippen molar-refractivity contribution in [2.24, 2.45) is 0 Å². The van der Waals surface area contributed by atoms with Crippen LogP contribution in [0.5, 0.6) is 0 Å². The van der Waals surface area contributed by atoms with Crippen LogP contribution in [-0.4, -0.2) is 44.3 Å². The molecule has 6 heteroatoms. The van der Waals surface area contributed by atoms with Gasteiger partial charge in [0, 0.05) is 0 Å². The standard InChI is InChI=1S/C18H28O5Si/c1-17(2,3)24(4,5)23-15(18(13-22-18)16(19)20)12-21-11-14-9-7-6-8-10-14/h6-10,15H,11-13H2,1-5H3,(H,19,20)/t15-,18+/m0/s1. The number of carboxylic acids is 1. The summed E-state index contributed by atoms with van der Waals surface area (Å²) in [5.41, 5.74) is -0.212. The number of epoxide rings is 1. The minimum Gasteiger partial charge on any atom is -0.479 e. The van der Waals surface area contributed by atoms with Crippen molar-refractivity contribution in [3.05, 3.63) is 35.9 Å². The lowest BCUT2D eigenvalue weighted by atomic mass is 10.1. The lowest BCUT2D eigenvalue weighted by Crippen LogP contribution is -2.52. The van der Waals surface area contributed by atoms with Gasteiger partial charge in [0.1, 0.15) is 6.10 Å². The Morgan fingerprint density at radius 3 is 2.38 bits per heavy atom. The van der Waals surface area contributed by atoms with Crippen molar-refractivity contribution < 1.29 is 23.8 Å². The summed E-state index contributed by atoms with van der Waals surface area (Å²) >= 11 is 0. The Bertz CT molecular complexity index is 561. The van der Waals surface area contributed by atoms with E-state index in [1.165, 1.54) is 0 Å². The highest BCUT2D eigenvalue weighted by atomic mass is 28.4. The topological polar surface area (TPSA) is 68.3 Å². The van der Waals surface area contributed by atoms with Crippen molar-refractivity contribution in [2.45, 2.75) is 57.2 Å². The minimum absolute atomic E-state index is 0.0146.